The van der Waals surface area contributed by atoms with Crippen LogP contribution < -0.4 is 5.32 Å². The highest BCUT2D eigenvalue weighted by atomic mass is 32.3. The number of hydrogen-bond acceptors (Lipinski definition) is 1. The molecule has 76 valence electrons. The first-order valence-corrected chi connectivity index (χ1v) is 7.22. The number of nitrogens with one attached hydrogen (secondary N) is 1. The zero-order chi connectivity index (χ0) is 10.2. The SMILES string of the molecule is C=C1NC(=O)[C@@H](C)CS(C)(C)[C@H]1C. The van der Waals surface area contributed by atoms with Gasteiger partial charge in [0.15, 0.2) is 0 Å². The standard InChI is InChI=1S/C10H19NOS/c1-7-6-13(4,5)9(3)8(2)11-10(7)12/h7,9H,2,6H2,1,3-5H3,(H,11,12)/t7-,9-/m0/s1. The number of carbonyl (C=O) groups is 1. The van der Waals surface area contributed by atoms with Gasteiger partial charge in [-0.3, -0.25) is 4.79 Å². The van der Waals surface area contributed by atoms with E-state index in [4.69, 9.17) is 0 Å². The minimum Gasteiger partial charge on any atom is -0.329 e. The van der Waals surface area contributed by atoms with Gasteiger partial charge in [-0.2, -0.15) is 0 Å². The van der Waals surface area contributed by atoms with Crippen molar-refractivity contribution in [2.75, 3.05) is 18.3 Å². The minimum atomic E-state index is -0.712. The zero-order valence-corrected chi connectivity index (χ0v) is 9.70. The second-order valence-electron chi connectivity index (χ2n) is 4.35. The van der Waals surface area contributed by atoms with E-state index in [-0.39, 0.29) is 11.8 Å². The van der Waals surface area contributed by atoms with Gasteiger partial charge in [0.05, 0.1) is 0 Å². The van der Waals surface area contributed by atoms with Crippen LogP contribution in [0.4, 0.5) is 0 Å². The van der Waals surface area contributed by atoms with Crippen molar-refractivity contribution in [2.45, 2.75) is 19.1 Å². The summed E-state index contributed by atoms with van der Waals surface area (Å²) in [6.45, 7) is 8.08. The van der Waals surface area contributed by atoms with Crippen LogP contribution in [0.2, 0.25) is 0 Å². The molecule has 1 heterocycles. The van der Waals surface area contributed by atoms with Crippen molar-refractivity contribution in [2.24, 2.45) is 5.92 Å². The van der Waals surface area contributed by atoms with Crippen molar-refractivity contribution in [3.63, 3.8) is 0 Å². The average Bonchev–Trinajstić information content (AvgIpc) is 2.05. The van der Waals surface area contributed by atoms with Crippen molar-refractivity contribution in [3.8, 4) is 0 Å². The number of amides is 1. The van der Waals surface area contributed by atoms with Crippen LogP contribution in [0.25, 0.3) is 0 Å². The van der Waals surface area contributed by atoms with Gasteiger partial charge in [-0.15, -0.1) is 0 Å². The highest BCUT2D eigenvalue weighted by molar-refractivity contribution is 8.33. The quantitative estimate of drug-likeness (QED) is 0.635. The molecular weight excluding hydrogens is 182 g/mol. The topological polar surface area (TPSA) is 29.1 Å². The third-order valence-corrected chi connectivity index (χ3v) is 6.42. The molecular formula is C10H19NOS. The summed E-state index contributed by atoms with van der Waals surface area (Å²) in [7, 11) is -0.712. The Labute approximate surface area is 82.1 Å². The molecule has 0 aromatic carbocycles. The minimum absolute atomic E-state index is 0.131. The Morgan fingerprint density at radius 3 is 2.54 bits per heavy atom. The third kappa shape index (κ3) is 2.08. The van der Waals surface area contributed by atoms with Gasteiger partial charge in [0.1, 0.15) is 0 Å². The summed E-state index contributed by atoms with van der Waals surface area (Å²) in [6.07, 6.45) is 4.55. The van der Waals surface area contributed by atoms with Gasteiger partial charge in [0.2, 0.25) is 5.91 Å². The Morgan fingerprint density at radius 2 is 2.00 bits per heavy atom. The molecule has 13 heavy (non-hydrogen) atoms. The number of hydrogen-bond donors (Lipinski definition) is 1. The summed E-state index contributed by atoms with van der Waals surface area (Å²) in [5.74, 6) is 1.28. The second-order valence-corrected chi connectivity index (χ2v) is 8.64. The molecule has 2 nitrogen and oxygen atoms in total. The first-order valence-electron chi connectivity index (χ1n) is 4.54. The average molecular weight is 201 g/mol. The van der Waals surface area contributed by atoms with Gasteiger partial charge in [-0.1, -0.05) is 13.5 Å². The fourth-order valence-electron chi connectivity index (χ4n) is 1.63. The van der Waals surface area contributed by atoms with E-state index in [1.165, 1.54) is 0 Å². The first-order chi connectivity index (χ1) is 5.84. The predicted molar refractivity (Wildman–Crippen MR) is 60.2 cm³/mol. The number of carbonyl (C=O) groups excluding carboxylic acids is 1. The molecule has 0 aromatic heterocycles. The highest BCUT2D eigenvalue weighted by Gasteiger charge is 2.32. The summed E-state index contributed by atoms with van der Waals surface area (Å²) in [4.78, 5) is 11.5. The van der Waals surface area contributed by atoms with Crippen molar-refractivity contribution >= 4 is 15.9 Å². The van der Waals surface area contributed by atoms with Gasteiger partial charge in [0.25, 0.3) is 0 Å². The molecule has 1 saturated heterocycles. The highest BCUT2D eigenvalue weighted by Crippen LogP contribution is 2.50. The summed E-state index contributed by atoms with van der Waals surface area (Å²) in [5.41, 5.74) is 0.898. The Morgan fingerprint density at radius 1 is 1.46 bits per heavy atom. The molecule has 0 aliphatic carbocycles. The van der Waals surface area contributed by atoms with E-state index in [0.29, 0.717) is 5.25 Å². The normalized spacial score (nSPS) is 36.3. The molecule has 2 atom stereocenters. The Balaban J connectivity index is 2.94. The molecule has 1 aliphatic heterocycles. The lowest BCUT2D eigenvalue weighted by molar-refractivity contribution is -0.123. The zero-order valence-electron chi connectivity index (χ0n) is 8.89. The Hall–Kier alpha value is -0.440. The fraction of sp³-hybridized carbons (Fsp3) is 0.700. The van der Waals surface area contributed by atoms with Crippen LogP contribution in [-0.2, 0) is 4.79 Å². The largest absolute Gasteiger partial charge is 0.329 e. The predicted octanol–water partition coefficient (Wildman–Crippen LogP) is 1.72. The molecule has 1 fully saturated rings. The van der Waals surface area contributed by atoms with E-state index < -0.39 is 10.0 Å². The lowest BCUT2D eigenvalue weighted by Gasteiger charge is -2.37. The van der Waals surface area contributed by atoms with Crippen LogP contribution in [0.3, 0.4) is 0 Å². The monoisotopic (exact) mass is 201 g/mol. The molecule has 1 N–H and O–H groups in total. The van der Waals surface area contributed by atoms with Crippen LogP contribution in [0.1, 0.15) is 13.8 Å². The van der Waals surface area contributed by atoms with E-state index in [1.54, 1.807) is 0 Å². The molecule has 0 saturated carbocycles. The fourth-order valence-corrected chi connectivity index (χ4v) is 4.19. The van der Waals surface area contributed by atoms with Crippen molar-refractivity contribution < 1.29 is 4.79 Å². The molecule has 3 heteroatoms. The molecule has 0 unspecified atom stereocenters. The Kier molecular flexibility index (Phi) is 2.76. The molecule has 0 aromatic rings. The summed E-state index contributed by atoms with van der Waals surface area (Å²) >= 11 is 0. The molecule has 0 radical (unpaired) electrons. The van der Waals surface area contributed by atoms with Crippen molar-refractivity contribution in [1.82, 2.24) is 5.32 Å². The maximum Gasteiger partial charge on any atom is 0.227 e. The summed E-state index contributed by atoms with van der Waals surface area (Å²) in [6, 6.07) is 0. The summed E-state index contributed by atoms with van der Waals surface area (Å²) in [5, 5.41) is 3.32. The smallest absolute Gasteiger partial charge is 0.227 e. The van der Waals surface area contributed by atoms with E-state index in [1.807, 2.05) is 6.92 Å². The van der Waals surface area contributed by atoms with Gasteiger partial charge >= 0.3 is 0 Å². The van der Waals surface area contributed by atoms with E-state index in [2.05, 4.69) is 31.3 Å². The second kappa shape index (κ2) is 3.37. The van der Waals surface area contributed by atoms with Gasteiger partial charge < -0.3 is 5.32 Å². The first kappa shape index (κ1) is 10.6. The van der Waals surface area contributed by atoms with Crippen LogP contribution in [-0.4, -0.2) is 29.4 Å². The van der Waals surface area contributed by atoms with Gasteiger partial charge in [-0.05, 0) is 25.2 Å². The third-order valence-electron chi connectivity index (χ3n) is 2.86. The lowest BCUT2D eigenvalue weighted by Crippen LogP contribution is -2.28. The van der Waals surface area contributed by atoms with Crippen LogP contribution >= 0.6 is 10.0 Å². The molecule has 1 rings (SSSR count). The number of rotatable bonds is 0. The van der Waals surface area contributed by atoms with E-state index in [9.17, 15) is 4.79 Å². The van der Waals surface area contributed by atoms with Gasteiger partial charge in [-0.25, -0.2) is 10.0 Å². The molecule has 0 spiro atoms. The Bertz CT molecular complexity index is 247. The maximum absolute atomic E-state index is 11.5. The van der Waals surface area contributed by atoms with E-state index >= 15 is 0 Å². The lowest BCUT2D eigenvalue weighted by atomic mass is 10.2. The van der Waals surface area contributed by atoms with Crippen molar-refractivity contribution in [3.05, 3.63) is 12.3 Å². The maximum atomic E-state index is 11.5. The molecule has 1 amide bonds. The van der Waals surface area contributed by atoms with Gasteiger partial charge in [0, 0.05) is 16.9 Å². The van der Waals surface area contributed by atoms with Crippen molar-refractivity contribution in [1.29, 1.82) is 0 Å². The van der Waals surface area contributed by atoms with Crippen LogP contribution in [0, 0.1) is 5.92 Å². The van der Waals surface area contributed by atoms with E-state index in [0.717, 1.165) is 11.4 Å². The molecule has 1 aliphatic rings. The summed E-state index contributed by atoms with van der Waals surface area (Å²) < 4.78 is 0. The molecule has 0 bridgehead atoms. The van der Waals surface area contributed by atoms with Crippen LogP contribution in [0.15, 0.2) is 12.3 Å². The van der Waals surface area contributed by atoms with Crippen LogP contribution in [0.5, 0.6) is 0 Å².